The van der Waals surface area contributed by atoms with Crippen molar-refractivity contribution in [2.24, 2.45) is 0 Å². The smallest absolute Gasteiger partial charge is 0.335 e. The van der Waals surface area contributed by atoms with Crippen molar-refractivity contribution in [2.45, 2.75) is 6.61 Å². The molecule has 0 unspecified atom stereocenters. The largest absolute Gasteiger partial charge is 0.508 e. The van der Waals surface area contributed by atoms with E-state index in [1.807, 2.05) is 0 Å². The molecule has 18 heavy (non-hydrogen) atoms. The molecule has 0 heterocycles. The summed E-state index contributed by atoms with van der Waals surface area (Å²) in [7, 11) is 0. The van der Waals surface area contributed by atoms with E-state index in [0.717, 1.165) is 11.1 Å². The van der Waals surface area contributed by atoms with Crippen LogP contribution in [0.15, 0.2) is 42.5 Å². The van der Waals surface area contributed by atoms with E-state index in [4.69, 9.17) is 10.2 Å². The van der Waals surface area contributed by atoms with Gasteiger partial charge in [0.15, 0.2) is 0 Å². The standard InChI is InChI=1S/C14H12O4/c15-8-9-1-3-10(4-2-9)11-5-12(14(17)18)7-13(16)6-11/h1-7,15-16H,8H2,(H,17,18). The lowest BCUT2D eigenvalue weighted by Crippen LogP contribution is -1.96. The van der Waals surface area contributed by atoms with Gasteiger partial charge in [0.25, 0.3) is 0 Å². The molecule has 0 aliphatic rings. The number of phenolic OH excluding ortho intramolecular Hbond substituents is 1. The van der Waals surface area contributed by atoms with Crippen LogP contribution in [-0.4, -0.2) is 21.3 Å². The Morgan fingerprint density at radius 3 is 2.22 bits per heavy atom. The lowest BCUT2D eigenvalue weighted by molar-refractivity contribution is 0.0696. The summed E-state index contributed by atoms with van der Waals surface area (Å²) in [5.41, 5.74) is 2.22. The van der Waals surface area contributed by atoms with Crippen LogP contribution >= 0.6 is 0 Å². The topological polar surface area (TPSA) is 77.8 Å². The molecule has 92 valence electrons. The average Bonchev–Trinajstić information content (AvgIpc) is 2.38. The van der Waals surface area contributed by atoms with Gasteiger partial charge in [-0.1, -0.05) is 24.3 Å². The van der Waals surface area contributed by atoms with E-state index in [-0.39, 0.29) is 17.9 Å². The highest BCUT2D eigenvalue weighted by molar-refractivity contribution is 5.90. The van der Waals surface area contributed by atoms with Gasteiger partial charge in [-0.05, 0) is 34.9 Å². The van der Waals surface area contributed by atoms with Gasteiger partial charge in [-0.2, -0.15) is 0 Å². The molecule has 0 aromatic heterocycles. The maximum atomic E-state index is 10.9. The van der Waals surface area contributed by atoms with Crippen LogP contribution in [0.25, 0.3) is 11.1 Å². The number of aliphatic hydroxyl groups excluding tert-OH is 1. The Bertz CT molecular complexity index is 573. The zero-order valence-corrected chi connectivity index (χ0v) is 9.50. The molecule has 3 N–H and O–H groups in total. The van der Waals surface area contributed by atoms with Gasteiger partial charge < -0.3 is 15.3 Å². The van der Waals surface area contributed by atoms with Crippen molar-refractivity contribution >= 4 is 5.97 Å². The Hall–Kier alpha value is -2.33. The number of phenols is 1. The van der Waals surface area contributed by atoms with Crippen LogP contribution in [0.1, 0.15) is 15.9 Å². The number of hydrogen-bond acceptors (Lipinski definition) is 3. The van der Waals surface area contributed by atoms with Crippen LogP contribution < -0.4 is 0 Å². The lowest BCUT2D eigenvalue weighted by atomic mass is 10.0. The predicted molar refractivity (Wildman–Crippen MR) is 66.4 cm³/mol. The van der Waals surface area contributed by atoms with Crippen LogP contribution in [0.3, 0.4) is 0 Å². The monoisotopic (exact) mass is 244 g/mol. The van der Waals surface area contributed by atoms with Gasteiger partial charge >= 0.3 is 5.97 Å². The van der Waals surface area contributed by atoms with Crippen LogP contribution in [0, 0.1) is 0 Å². The molecule has 0 saturated carbocycles. The maximum Gasteiger partial charge on any atom is 0.335 e. The number of aliphatic hydroxyl groups is 1. The number of rotatable bonds is 3. The Morgan fingerprint density at radius 2 is 1.67 bits per heavy atom. The molecular formula is C14H12O4. The SMILES string of the molecule is O=C(O)c1cc(O)cc(-c2ccc(CO)cc2)c1. The van der Waals surface area contributed by atoms with E-state index < -0.39 is 5.97 Å². The van der Waals surface area contributed by atoms with E-state index in [0.29, 0.717) is 5.56 Å². The first-order valence-corrected chi connectivity index (χ1v) is 5.37. The zero-order chi connectivity index (χ0) is 13.1. The molecule has 0 aliphatic carbocycles. The van der Waals surface area contributed by atoms with E-state index >= 15 is 0 Å². The van der Waals surface area contributed by atoms with Crippen molar-refractivity contribution in [3.63, 3.8) is 0 Å². The molecule has 2 aromatic rings. The van der Waals surface area contributed by atoms with Gasteiger partial charge in [-0.15, -0.1) is 0 Å². The second kappa shape index (κ2) is 4.89. The van der Waals surface area contributed by atoms with Crippen molar-refractivity contribution in [1.82, 2.24) is 0 Å². The molecule has 0 amide bonds. The third-order valence-electron chi connectivity index (χ3n) is 2.63. The first kappa shape index (κ1) is 12.1. The minimum absolute atomic E-state index is 0.0382. The van der Waals surface area contributed by atoms with Crippen molar-refractivity contribution in [3.8, 4) is 16.9 Å². The van der Waals surface area contributed by atoms with Gasteiger partial charge in [0.05, 0.1) is 12.2 Å². The van der Waals surface area contributed by atoms with Crippen LogP contribution in [0.4, 0.5) is 0 Å². The molecule has 4 heteroatoms. The molecule has 0 atom stereocenters. The Labute approximate surface area is 104 Å². The molecule has 4 nitrogen and oxygen atoms in total. The Balaban J connectivity index is 2.46. The number of carbonyl (C=O) groups is 1. The van der Waals surface area contributed by atoms with Crippen molar-refractivity contribution in [2.75, 3.05) is 0 Å². The Kier molecular flexibility index (Phi) is 3.30. The molecule has 0 radical (unpaired) electrons. The van der Waals surface area contributed by atoms with E-state index in [1.165, 1.54) is 18.2 Å². The number of carboxylic acids is 1. The summed E-state index contributed by atoms with van der Waals surface area (Å²) in [5, 5.41) is 27.4. The van der Waals surface area contributed by atoms with Gasteiger partial charge in [0.2, 0.25) is 0 Å². The van der Waals surface area contributed by atoms with Gasteiger partial charge in [0.1, 0.15) is 5.75 Å². The Morgan fingerprint density at radius 1 is 1.00 bits per heavy atom. The summed E-state index contributed by atoms with van der Waals surface area (Å²) in [6.45, 7) is -0.0410. The highest BCUT2D eigenvalue weighted by atomic mass is 16.4. The number of carboxylic acid groups (broad SMARTS) is 1. The van der Waals surface area contributed by atoms with Crippen LogP contribution in [0.2, 0.25) is 0 Å². The molecule has 2 rings (SSSR count). The van der Waals surface area contributed by atoms with Gasteiger partial charge in [-0.3, -0.25) is 0 Å². The van der Waals surface area contributed by atoms with E-state index in [2.05, 4.69) is 0 Å². The summed E-state index contributed by atoms with van der Waals surface area (Å²) in [6.07, 6.45) is 0. The molecule has 0 spiro atoms. The molecule has 0 bridgehead atoms. The first-order chi connectivity index (χ1) is 8.60. The number of aromatic carboxylic acids is 1. The van der Waals surface area contributed by atoms with Crippen molar-refractivity contribution < 1.29 is 20.1 Å². The number of benzene rings is 2. The third kappa shape index (κ3) is 2.49. The second-order valence-electron chi connectivity index (χ2n) is 3.93. The zero-order valence-electron chi connectivity index (χ0n) is 9.50. The summed E-state index contributed by atoms with van der Waals surface area (Å²) >= 11 is 0. The quantitative estimate of drug-likeness (QED) is 0.773. The van der Waals surface area contributed by atoms with Crippen molar-refractivity contribution in [3.05, 3.63) is 53.6 Å². The summed E-state index contributed by atoms with van der Waals surface area (Å²) in [6, 6.07) is 11.2. The average molecular weight is 244 g/mol. The normalized spacial score (nSPS) is 10.3. The fraction of sp³-hybridized carbons (Fsp3) is 0.0714. The summed E-state index contributed by atoms with van der Waals surface area (Å²) < 4.78 is 0. The minimum atomic E-state index is -1.08. The fourth-order valence-electron chi connectivity index (χ4n) is 1.70. The molecule has 0 aliphatic heterocycles. The minimum Gasteiger partial charge on any atom is -0.508 e. The van der Waals surface area contributed by atoms with Gasteiger partial charge in [-0.25, -0.2) is 4.79 Å². The molecule has 2 aromatic carbocycles. The van der Waals surface area contributed by atoms with Crippen LogP contribution in [-0.2, 0) is 6.61 Å². The second-order valence-corrected chi connectivity index (χ2v) is 3.93. The summed E-state index contributed by atoms with van der Waals surface area (Å²) in [5.74, 6) is -1.17. The highest BCUT2D eigenvalue weighted by Gasteiger charge is 2.08. The van der Waals surface area contributed by atoms with Crippen LogP contribution in [0.5, 0.6) is 5.75 Å². The van der Waals surface area contributed by atoms with E-state index in [9.17, 15) is 9.90 Å². The third-order valence-corrected chi connectivity index (χ3v) is 2.63. The molecule has 0 fully saturated rings. The lowest BCUT2D eigenvalue weighted by Gasteiger charge is -2.05. The molecule has 0 saturated heterocycles. The fourth-order valence-corrected chi connectivity index (χ4v) is 1.70. The predicted octanol–water partition coefficient (Wildman–Crippen LogP) is 2.25. The van der Waals surface area contributed by atoms with Crippen molar-refractivity contribution in [1.29, 1.82) is 0 Å². The molecular weight excluding hydrogens is 232 g/mol. The number of hydrogen-bond donors (Lipinski definition) is 3. The maximum absolute atomic E-state index is 10.9. The number of aromatic hydroxyl groups is 1. The highest BCUT2D eigenvalue weighted by Crippen LogP contribution is 2.25. The summed E-state index contributed by atoms with van der Waals surface area (Å²) in [4.78, 5) is 10.9. The van der Waals surface area contributed by atoms with E-state index in [1.54, 1.807) is 24.3 Å². The first-order valence-electron chi connectivity index (χ1n) is 5.37. The van der Waals surface area contributed by atoms with Gasteiger partial charge in [0, 0.05) is 0 Å².